The van der Waals surface area contributed by atoms with Crippen LogP contribution in [0.15, 0.2) is 44.8 Å². The third-order valence-corrected chi connectivity index (χ3v) is 16.1. The molecule has 1 aromatic carbocycles. The molecule has 2 aromatic rings. The molecule has 11 nitrogen and oxygen atoms in total. The van der Waals surface area contributed by atoms with E-state index in [1.165, 1.54) is 49.4 Å². The summed E-state index contributed by atoms with van der Waals surface area (Å²) in [6.07, 6.45) is 17.5. The molecule has 3 N–H and O–H groups in total. The molecule has 0 bridgehead atoms. The zero-order chi connectivity index (χ0) is 42.3. The molecule has 0 spiro atoms. The van der Waals surface area contributed by atoms with Crippen molar-refractivity contribution in [1.29, 1.82) is 0 Å². The largest absolute Gasteiger partial charge is 0.512 e. The Morgan fingerprint density at radius 1 is 0.983 bits per heavy atom. The molecule has 8 rings (SSSR count). The summed E-state index contributed by atoms with van der Waals surface area (Å²) in [6.45, 7) is 11.3. The van der Waals surface area contributed by atoms with Crippen LogP contribution in [0.5, 0.6) is 0 Å². The van der Waals surface area contributed by atoms with E-state index in [-0.39, 0.29) is 65.3 Å². The first-order chi connectivity index (χ1) is 28.7. The van der Waals surface area contributed by atoms with E-state index in [4.69, 9.17) is 9.15 Å². The van der Waals surface area contributed by atoms with Gasteiger partial charge in [-0.25, -0.2) is 4.79 Å². The highest BCUT2D eigenvalue weighted by molar-refractivity contribution is 5.98. The van der Waals surface area contributed by atoms with Gasteiger partial charge in [0.05, 0.1) is 12.2 Å². The Morgan fingerprint density at radius 3 is 2.57 bits per heavy atom. The van der Waals surface area contributed by atoms with Gasteiger partial charge in [0, 0.05) is 68.2 Å². The van der Waals surface area contributed by atoms with Crippen molar-refractivity contribution >= 4 is 40.2 Å². The van der Waals surface area contributed by atoms with Gasteiger partial charge in [0.25, 0.3) is 5.91 Å². The number of amides is 2. The molecule has 324 valence electrons. The van der Waals surface area contributed by atoms with Gasteiger partial charge in [-0.1, -0.05) is 32.4 Å². The van der Waals surface area contributed by atoms with Crippen molar-refractivity contribution in [3.05, 3.63) is 62.7 Å². The second kappa shape index (κ2) is 17.2. The Morgan fingerprint density at radius 2 is 1.77 bits per heavy atom. The predicted molar refractivity (Wildman–Crippen MR) is 231 cm³/mol. The molecule has 3 heterocycles. The van der Waals surface area contributed by atoms with Crippen molar-refractivity contribution < 1.29 is 33.4 Å². The Labute approximate surface area is 354 Å². The number of aryl methyl sites for hydroxylation is 2. The maximum Gasteiger partial charge on any atom is 0.349 e. The molecule has 6 aliphatic rings. The van der Waals surface area contributed by atoms with Gasteiger partial charge in [-0.05, 0) is 142 Å². The van der Waals surface area contributed by atoms with Crippen LogP contribution in [0.3, 0.4) is 0 Å². The lowest BCUT2D eigenvalue weighted by molar-refractivity contribution is -0.151. The van der Waals surface area contributed by atoms with Crippen LogP contribution in [0.1, 0.15) is 139 Å². The second-order valence-corrected chi connectivity index (χ2v) is 19.6. The number of esters is 1. The molecule has 1 aromatic heterocycles. The Hall–Kier alpha value is -4.41. The number of nitrogens with zero attached hydrogens (tertiary/aromatic N) is 1. The molecule has 2 aliphatic heterocycles. The molecule has 8 atom stereocenters. The molecule has 4 aliphatic carbocycles. The number of carbonyl (C=O) groups is 4. The third kappa shape index (κ3) is 8.18. The summed E-state index contributed by atoms with van der Waals surface area (Å²) >= 11 is 0. The number of aliphatic hydroxyl groups excluding tert-OH is 1. The van der Waals surface area contributed by atoms with E-state index < -0.39 is 11.5 Å². The average molecular weight is 824 g/mol. The van der Waals surface area contributed by atoms with E-state index in [0.717, 1.165) is 87.9 Å². The summed E-state index contributed by atoms with van der Waals surface area (Å²) in [5.41, 5.74) is 5.37. The maximum atomic E-state index is 13.1. The van der Waals surface area contributed by atoms with Gasteiger partial charge < -0.3 is 29.8 Å². The first-order valence-electron chi connectivity index (χ1n) is 23.0. The molecular formula is C49H65N3O8. The lowest BCUT2D eigenvalue weighted by Crippen LogP contribution is -2.51. The number of nitrogens with one attached hydrogen (secondary N) is 2. The number of hydrogen-bond donors (Lipinski definition) is 3. The lowest BCUT2D eigenvalue weighted by atomic mass is 9.47. The van der Waals surface area contributed by atoms with E-state index in [9.17, 15) is 29.1 Å². The van der Waals surface area contributed by atoms with Gasteiger partial charge in [-0.3, -0.25) is 19.2 Å². The van der Waals surface area contributed by atoms with Crippen LogP contribution < -0.4 is 21.2 Å². The van der Waals surface area contributed by atoms with Crippen LogP contribution in [0.25, 0.3) is 11.0 Å². The fraction of sp³-hybridized carbons (Fsp3) is 0.653. The minimum Gasteiger partial charge on any atom is -0.512 e. The van der Waals surface area contributed by atoms with Crippen molar-refractivity contribution in [2.75, 3.05) is 31.1 Å². The van der Waals surface area contributed by atoms with Crippen molar-refractivity contribution in [3.63, 3.8) is 0 Å². The SMILES string of the molecule is CC(=O)/C=C(\O)CCC(=O)OC1CC[C@@]2(C)C(=CC[C@H]3[C@@H]4CC[C@H]([C@H](C)CCC(=O)NCCNC(=O)c5cc6cc7c8c(c6oc5=O)CCCN8CCC7)[C@@]4(C)CC[C@@H]32)C1. The van der Waals surface area contributed by atoms with Crippen LogP contribution in [0.2, 0.25) is 0 Å². The van der Waals surface area contributed by atoms with Crippen LogP contribution in [-0.4, -0.2) is 61.0 Å². The predicted octanol–water partition coefficient (Wildman–Crippen LogP) is 8.06. The number of anilines is 1. The Bertz CT molecular complexity index is 2150. The summed E-state index contributed by atoms with van der Waals surface area (Å²) in [4.78, 5) is 65.4. The lowest BCUT2D eigenvalue weighted by Gasteiger charge is -2.58. The Kier molecular flexibility index (Phi) is 12.1. The van der Waals surface area contributed by atoms with Crippen LogP contribution in [0.4, 0.5) is 5.69 Å². The van der Waals surface area contributed by atoms with Crippen LogP contribution in [0, 0.1) is 40.4 Å². The van der Waals surface area contributed by atoms with Crippen molar-refractivity contribution in [3.8, 4) is 0 Å². The molecule has 0 saturated heterocycles. The molecule has 1 unspecified atom stereocenters. The van der Waals surface area contributed by atoms with E-state index >= 15 is 0 Å². The van der Waals surface area contributed by atoms with Gasteiger partial charge in [-0.15, -0.1) is 0 Å². The van der Waals surface area contributed by atoms with Gasteiger partial charge in [0.2, 0.25) is 5.91 Å². The van der Waals surface area contributed by atoms with Gasteiger partial charge >= 0.3 is 11.6 Å². The third-order valence-electron chi connectivity index (χ3n) is 16.1. The normalized spacial score (nSPS) is 29.9. The highest BCUT2D eigenvalue weighted by Gasteiger charge is 2.59. The highest BCUT2D eigenvalue weighted by Crippen LogP contribution is 2.67. The molecule has 3 fully saturated rings. The Balaban J connectivity index is 0.794. The molecular weight excluding hydrogens is 759 g/mol. The maximum absolute atomic E-state index is 13.1. The van der Waals surface area contributed by atoms with Gasteiger partial charge in [-0.2, -0.15) is 0 Å². The minimum absolute atomic E-state index is 0.00360. The number of benzene rings is 1. The minimum atomic E-state index is -0.628. The number of allylic oxidation sites excluding steroid dienone is 3. The van der Waals surface area contributed by atoms with Crippen LogP contribution in [-0.2, 0) is 32.0 Å². The molecule has 11 heteroatoms. The number of carbonyl (C=O) groups excluding carboxylic acids is 4. The summed E-state index contributed by atoms with van der Waals surface area (Å²) in [7, 11) is 0. The highest BCUT2D eigenvalue weighted by atomic mass is 16.5. The number of ether oxygens (including phenoxy) is 1. The van der Waals surface area contributed by atoms with Crippen molar-refractivity contribution in [2.45, 2.75) is 137 Å². The van der Waals surface area contributed by atoms with Crippen molar-refractivity contribution in [1.82, 2.24) is 10.6 Å². The summed E-state index contributed by atoms with van der Waals surface area (Å²) in [5, 5.41) is 16.5. The standard InChI is InChI=1S/C49H65N3O8/c1-29(9-15-42(55)50-21-22-51-46(57)38-27-32-26-31-7-5-23-52-24-6-8-37(44(31)52)45(32)60-47(38)58)39-13-14-40-36-12-10-33-28-35(59-43(56)16-11-34(54)25-30(2)53)17-19-48(33,3)41(36)18-20-49(39,40)4/h10,25-27,29,35-36,39-41,54H,5-9,11-24,28H2,1-4H3,(H,50,55)(H,51,57)/b34-25-/t29-,35?,36+,39-,40+,41+,48+,49-/m1/s1. The molecule has 0 radical (unpaired) electrons. The fourth-order valence-corrected chi connectivity index (χ4v) is 13.2. The van der Waals surface area contributed by atoms with E-state index in [1.54, 1.807) is 6.07 Å². The van der Waals surface area contributed by atoms with E-state index in [2.05, 4.69) is 48.4 Å². The van der Waals surface area contributed by atoms with E-state index in [1.807, 2.05) is 0 Å². The summed E-state index contributed by atoms with van der Waals surface area (Å²) < 4.78 is 11.7. The molecule has 60 heavy (non-hydrogen) atoms. The number of ketones is 1. The van der Waals surface area contributed by atoms with Crippen molar-refractivity contribution in [2.24, 2.45) is 40.4 Å². The molecule has 3 saturated carbocycles. The van der Waals surface area contributed by atoms with Gasteiger partial charge in [0.1, 0.15) is 17.3 Å². The first kappa shape index (κ1) is 42.3. The zero-order valence-electron chi connectivity index (χ0n) is 36.2. The first-order valence-corrected chi connectivity index (χ1v) is 23.0. The summed E-state index contributed by atoms with van der Waals surface area (Å²) in [5.74, 6) is 1.78. The second-order valence-electron chi connectivity index (χ2n) is 19.6. The summed E-state index contributed by atoms with van der Waals surface area (Å²) in [6, 6.07) is 3.76. The quantitative estimate of drug-likeness (QED) is 0.0455. The zero-order valence-corrected chi connectivity index (χ0v) is 36.2. The fourth-order valence-electron chi connectivity index (χ4n) is 13.2. The topological polar surface area (TPSA) is 155 Å². The van der Waals surface area contributed by atoms with Crippen LogP contribution >= 0.6 is 0 Å². The number of aliphatic hydroxyl groups is 1. The smallest absolute Gasteiger partial charge is 0.349 e. The number of rotatable bonds is 13. The number of hydrogen-bond acceptors (Lipinski definition) is 9. The average Bonchev–Trinajstić information content (AvgIpc) is 3.58. The number of fused-ring (bicyclic) bond motifs is 7. The molecule has 2 amide bonds. The van der Waals surface area contributed by atoms with E-state index in [0.29, 0.717) is 48.1 Å². The monoisotopic (exact) mass is 823 g/mol. The van der Waals surface area contributed by atoms with Gasteiger partial charge in [0.15, 0.2) is 5.78 Å².